The summed E-state index contributed by atoms with van der Waals surface area (Å²) in [6.45, 7) is 15.5. The highest BCUT2D eigenvalue weighted by atomic mass is 28.3. The minimum absolute atomic E-state index is 0.389. The van der Waals surface area contributed by atoms with Crippen LogP contribution >= 0.6 is 0 Å². The van der Waals surface area contributed by atoms with Crippen molar-refractivity contribution in [2.75, 3.05) is 6.61 Å². The van der Waals surface area contributed by atoms with E-state index >= 15 is 0 Å². The minimum atomic E-state index is -1.27. The molecule has 0 N–H and O–H groups in total. The van der Waals surface area contributed by atoms with Crippen LogP contribution in [-0.4, -0.2) is 15.3 Å². The number of hydrogen-bond acceptors (Lipinski definition) is 2. The molecule has 0 aliphatic carbocycles. The van der Waals surface area contributed by atoms with Crippen molar-refractivity contribution in [1.29, 1.82) is 0 Å². The number of allylic oxidation sites excluding steroid dienone is 1. The van der Waals surface area contributed by atoms with E-state index in [2.05, 4.69) is 26.8 Å². The molecule has 0 rings (SSSR count). The van der Waals surface area contributed by atoms with E-state index in [1.165, 1.54) is 6.42 Å². The lowest BCUT2D eigenvalue weighted by Gasteiger charge is -2.02. The molecule has 19 heavy (non-hydrogen) atoms. The summed E-state index contributed by atoms with van der Waals surface area (Å²) in [5.74, 6) is 0.737. The number of hydrogen-bond donors (Lipinski definition) is 0. The van der Waals surface area contributed by atoms with Gasteiger partial charge >= 0.3 is 0 Å². The minimum Gasteiger partial charge on any atom is -0.502 e. The molecular weight excluding hydrogens is 252 g/mol. The van der Waals surface area contributed by atoms with Crippen LogP contribution in [0.5, 0.6) is 0 Å². The van der Waals surface area contributed by atoms with Gasteiger partial charge in [0.05, 0.1) is 12.9 Å². The van der Waals surface area contributed by atoms with Crippen LogP contribution in [0.15, 0.2) is 12.3 Å². The van der Waals surface area contributed by atoms with Gasteiger partial charge < -0.3 is 9.20 Å². The van der Waals surface area contributed by atoms with Crippen molar-refractivity contribution in [2.45, 2.75) is 78.8 Å². The van der Waals surface area contributed by atoms with E-state index in [0.29, 0.717) is 11.1 Å². The molecule has 0 aliphatic rings. The van der Waals surface area contributed by atoms with E-state index < -0.39 is 8.68 Å². The molecule has 0 heterocycles. The maximum atomic E-state index is 11.0. The summed E-state index contributed by atoms with van der Waals surface area (Å²) in [6, 6.07) is 0. The SMILES string of the molecule is CC(C)[Si](=O)C(C)C.CCCCO/C=C\CC(C)C. The van der Waals surface area contributed by atoms with Crippen LogP contribution < -0.4 is 0 Å². The smallest absolute Gasteiger partial charge is 0.281 e. The molecule has 114 valence electrons. The Morgan fingerprint density at radius 2 is 1.58 bits per heavy atom. The van der Waals surface area contributed by atoms with Crippen LogP contribution in [0.4, 0.5) is 0 Å². The monoisotopic (exact) mass is 286 g/mol. The van der Waals surface area contributed by atoms with E-state index in [9.17, 15) is 4.46 Å². The third kappa shape index (κ3) is 17.6. The van der Waals surface area contributed by atoms with Gasteiger partial charge in [0.1, 0.15) is 0 Å². The Morgan fingerprint density at radius 1 is 1.05 bits per heavy atom. The van der Waals surface area contributed by atoms with Crippen molar-refractivity contribution >= 4 is 8.68 Å². The van der Waals surface area contributed by atoms with Gasteiger partial charge in [-0.3, -0.25) is 0 Å². The molecule has 0 fully saturated rings. The lowest BCUT2D eigenvalue weighted by atomic mass is 10.1. The van der Waals surface area contributed by atoms with E-state index in [1.807, 2.05) is 34.0 Å². The third-order valence-electron chi connectivity index (χ3n) is 2.55. The van der Waals surface area contributed by atoms with Gasteiger partial charge in [-0.15, -0.1) is 0 Å². The highest BCUT2D eigenvalue weighted by Gasteiger charge is 2.13. The largest absolute Gasteiger partial charge is 0.502 e. The average molecular weight is 287 g/mol. The van der Waals surface area contributed by atoms with Gasteiger partial charge in [0.2, 0.25) is 0 Å². The van der Waals surface area contributed by atoms with Gasteiger partial charge in [0.15, 0.2) is 0 Å². The highest BCUT2D eigenvalue weighted by Crippen LogP contribution is 2.12. The van der Waals surface area contributed by atoms with E-state index in [0.717, 1.165) is 25.4 Å². The van der Waals surface area contributed by atoms with Gasteiger partial charge in [-0.05, 0) is 35.9 Å². The quantitative estimate of drug-likeness (QED) is 0.330. The summed E-state index contributed by atoms with van der Waals surface area (Å²) < 4.78 is 16.3. The molecule has 0 aromatic carbocycles. The van der Waals surface area contributed by atoms with Crippen LogP contribution in [0.25, 0.3) is 0 Å². The third-order valence-corrected chi connectivity index (χ3v) is 4.83. The summed E-state index contributed by atoms with van der Waals surface area (Å²) in [5.41, 5.74) is 0.778. The molecule has 3 heteroatoms. The van der Waals surface area contributed by atoms with Crippen molar-refractivity contribution in [3.63, 3.8) is 0 Å². The fourth-order valence-corrected chi connectivity index (χ4v) is 2.69. The molecule has 0 bridgehead atoms. The first-order valence-electron chi connectivity index (χ1n) is 7.63. The van der Waals surface area contributed by atoms with Crippen molar-refractivity contribution in [1.82, 2.24) is 0 Å². The Bertz CT molecular complexity index is 223. The van der Waals surface area contributed by atoms with Crippen molar-refractivity contribution in [2.24, 2.45) is 5.92 Å². The van der Waals surface area contributed by atoms with E-state index in [1.54, 1.807) is 0 Å². The summed E-state index contributed by atoms with van der Waals surface area (Å²) in [6.07, 6.45) is 7.41. The van der Waals surface area contributed by atoms with Gasteiger partial charge in [-0.2, -0.15) is 0 Å². The van der Waals surface area contributed by atoms with Crippen molar-refractivity contribution in [3.05, 3.63) is 12.3 Å². The zero-order valence-electron chi connectivity index (χ0n) is 14.0. The molecule has 0 saturated carbocycles. The highest BCUT2D eigenvalue weighted by molar-refractivity contribution is 6.46. The Morgan fingerprint density at radius 3 is 1.89 bits per heavy atom. The Labute approximate surface area is 122 Å². The fraction of sp³-hybridized carbons (Fsp3) is 0.875. The second-order valence-corrected chi connectivity index (χ2v) is 9.05. The summed E-state index contributed by atoms with van der Waals surface area (Å²) >= 11 is 0. The zero-order chi connectivity index (χ0) is 15.3. The molecule has 0 aliphatic heterocycles. The second-order valence-electron chi connectivity index (χ2n) is 5.94. The lowest BCUT2D eigenvalue weighted by molar-refractivity contribution is 0.242. The van der Waals surface area contributed by atoms with Gasteiger partial charge in [0.25, 0.3) is 8.68 Å². The van der Waals surface area contributed by atoms with Gasteiger partial charge in [-0.25, -0.2) is 0 Å². The molecule has 0 saturated heterocycles. The first-order valence-corrected chi connectivity index (χ1v) is 9.19. The molecule has 0 radical (unpaired) electrons. The Balaban J connectivity index is 0. The van der Waals surface area contributed by atoms with Gasteiger partial charge in [-0.1, -0.05) is 54.9 Å². The fourth-order valence-electron chi connectivity index (χ4n) is 1.36. The number of rotatable bonds is 8. The Hall–Kier alpha value is -0.443. The lowest BCUT2D eigenvalue weighted by Crippen LogP contribution is -2.07. The topological polar surface area (TPSA) is 26.3 Å². The predicted octanol–water partition coefficient (Wildman–Crippen LogP) is 5.59. The molecule has 0 spiro atoms. The standard InChI is InChI=1S/C10H20O.C6H14OSi/c1-4-5-8-11-9-6-7-10(2)3;1-5(2)8(7)6(3)4/h6,9-10H,4-5,7-8H2,1-3H3;5-6H,1-4H3/b9-6-;. The predicted molar refractivity (Wildman–Crippen MR) is 86.1 cm³/mol. The van der Waals surface area contributed by atoms with Crippen LogP contribution in [0.2, 0.25) is 11.1 Å². The molecule has 0 atom stereocenters. The summed E-state index contributed by atoms with van der Waals surface area (Å²) in [7, 11) is -1.27. The summed E-state index contributed by atoms with van der Waals surface area (Å²) in [5, 5.41) is 0. The van der Waals surface area contributed by atoms with E-state index in [-0.39, 0.29) is 0 Å². The van der Waals surface area contributed by atoms with Crippen LogP contribution in [0.3, 0.4) is 0 Å². The number of unbranched alkanes of at least 4 members (excludes halogenated alkanes) is 1. The van der Waals surface area contributed by atoms with Gasteiger partial charge in [0, 0.05) is 0 Å². The molecular formula is C16H34O2Si. The van der Waals surface area contributed by atoms with Crippen molar-refractivity contribution in [3.8, 4) is 0 Å². The Kier molecular flexibility index (Phi) is 15.3. The van der Waals surface area contributed by atoms with Crippen LogP contribution in [-0.2, 0) is 9.20 Å². The molecule has 0 amide bonds. The zero-order valence-corrected chi connectivity index (χ0v) is 15.0. The molecule has 0 unspecified atom stereocenters. The first-order chi connectivity index (χ1) is 8.82. The van der Waals surface area contributed by atoms with Crippen LogP contribution in [0.1, 0.15) is 67.7 Å². The maximum absolute atomic E-state index is 11.0. The van der Waals surface area contributed by atoms with Crippen molar-refractivity contribution < 1.29 is 9.20 Å². The second kappa shape index (κ2) is 14.0. The van der Waals surface area contributed by atoms with E-state index in [4.69, 9.17) is 4.74 Å². The molecule has 2 nitrogen and oxygen atoms in total. The summed E-state index contributed by atoms with van der Waals surface area (Å²) in [4.78, 5) is 0. The maximum Gasteiger partial charge on any atom is 0.281 e. The normalized spacial score (nSPS) is 11.1. The molecule has 0 aromatic heterocycles. The first kappa shape index (κ1) is 20.9. The number of ether oxygens (including phenoxy) is 1. The molecule has 0 aromatic rings. The van der Waals surface area contributed by atoms with Crippen LogP contribution in [0, 0.1) is 5.92 Å². The average Bonchev–Trinajstić information content (AvgIpc) is 2.32.